The second-order valence-electron chi connectivity index (χ2n) is 6.57. The number of carbonyl (C=O) groups is 1. The van der Waals surface area contributed by atoms with Gasteiger partial charge in [-0.15, -0.1) is 0 Å². The van der Waals surface area contributed by atoms with E-state index in [9.17, 15) is 4.79 Å². The monoisotopic (exact) mass is 390 g/mol. The van der Waals surface area contributed by atoms with Crippen LogP contribution in [0.2, 0.25) is 0 Å². The minimum atomic E-state index is -0.593. The van der Waals surface area contributed by atoms with Crippen molar-refractivity contribution >= 4 is 17.3 Å². The highest BCUT2D eigenvalue weighted by atomic mass is 16.6. The second kappa shape index (κ2) is 8.56. The largest absolute Gasteiger partial charge is 0.497 e. The first-order valence-corrected chi connectivity index (χ1v) is 9.39. The Morgan fingerprint density at radius 1 is 0.897 bits per heavy atom. The SMILES string of the molecule is COc1cccc(NC(=O)[C@H](Nc2ccc3c(c2)OCCO3)c2ccccc2)c1. The molecule has 4 rings (SSSR count). The first kappa shape index (κ1) is 18.7. The molecule has 2 N–H and O–H groups in total. The fourth-order valence-electron chi connectivity index (χ4n) is 3.16. The fraction of sp³-hybridized carbons (Fsp3) is 0.174. The van der Waals surface area contributed by atoms with Crippen LogP contribution < -0.4 is 24.8 Å². The van der Waals surface area contributed by atoms with Crippen LogP contribution in [-0.4, -0.2) is 26.2 Å². The van der Waals surface area contributed by atoms with Gasteiger partial charge in [0.25, 0.3) is 5.91 Å². The van der Waals surface area contributed by atoms with Gasteiger partial charge in [0.2, 0.25) is 0 Å². The van der Waals surface area contributed by atoms with Gasteiger partial charge in [0.05, 0.1) is 7.11 Å². The molecule has 0 saturated heterocycles. The zero-order valence-electron chi connectivity index (χ0n) is 16.1. The molecule has 3 aromatic carbocycles. The van der Waals surface area contributed by atoms with E-state index in [0.717, 1.165) is 11.3 Å². The first-order valence-electron chi connectivity index (χ1n) is 9.39. The highest BCUT2D eigenvalue weighted by Crippen LogP contribution is 2.34. The number of ether oxygens (including phenoxy) is 3. The average molecular weight is 390 g/mol. The van der Waals surface area contributed by atoms with Gasteiger partial charge in [-0.1, -0.05) is 36.4 Å². The normalized spacial score (nSPS) is 13.3. The summed E-state index contributed by atoms with van der Waals surface area (Å²) in [7, 11) is 1.59. The van der Waals surface area contributed by atoms with Crippen LogP contribution in [0.25, 0.3) is 0 Å². The van der Waals surface area contributed by atoms with Crippen molar-refractivity contribution in [2.24, 2.45) is 0 Å². The Morgan fingerprint density at radius 2 is 1.69 bits per heavy atom. The minimum absolute atomic E-state index is 0.181. The standard InChI is InChI=1S/C23H22N2O4/c1-27-19-9-5-8-17(14-19)25-23(26)22(16-6-3-2-4-7-16)24-18-10-11-20-21(15-18)29-13-12-28-20/h2-11,14-15,22,24H,12-13H2,1H3,(H,25,26)/t22-/m1/s1. The van der Waals surface area contributed by atoms with Crippen LogP contribution in [0.1, 0.15) is 11.6 Å². The maximum atomic E-state index is 13.1. The van der Waals surface area contributed by atoms with E-state index in [0.29, 0.717) is 36.1 Å². The molecule has 29 heavy (non-hydrogen) atoms. The average Bonchev–Trinajstić information content (AvgIpc) is 2.78. The van der Waals surface area contributed by atoms with Gasteiger partial charge in [-0.3, -0.25) is 4.79 Å². The molecule has 148 valence electrons. The van der Waals surface area contributed by atoms with Gasteiger partial charge in [-0.05, 0) is 29.8 Å². The van der Waals surface area contributed by atoms with Crippen LogP contribution in [0.4, 0.5) is 11.4 Å². The van der Waals surface area contributed by atoms with Crippen LogP contribution in [0.3, 0.4) is 0 Å². The molecule has 6 heteroatoms. The molecule has 0 bridgehead atoms. The van der Waals surface area contributed by atoms with E-state index in [1.165, 1.54) is 0 Å². The zero-order valence-corrected chi connectivity index (χ0v) is 16.1. The van der Waals surface area contributed by atoms with Crippen molar-refractivity contribution in [2.75, 3.05) is 31.0 Å². The molecule has 1 aliphatic heterocycles. The number of amides is 1. The number of rotatable bonds is 6. The van der Waals surface area contributed by atoms with Crippen LogP contribution in [0.15, 0.2) is 72.8 Å². The Kier molecular flexibility index (Phi) is 5.52. The highest BCUT2D eigenvalue weighted by molar-refractivity contribution is 5.97. The van der Waals surface area contributed by atoms with Gasteiger partial charge in [0.1, 0.15) is 25.0 Å². The number of carbonyl (C=O) groups excluding carboxylic acids is 1. The first-order chi connectivity index (χ1) is 14.2. The second-order valence-corrected chi connectivity index (χ2v) is 6.57. The number of nitrogens with one attached hydrogen (secondary N) is 2. The summed E-state index contributed by atoms with van der Waals surface area (Å²) in [6.45, 7) is 1.05. The minimum Gasteiger partial charge on any atom is -0.497 e. The maximum Gasteiger partial charge on any atom is 0.251 e. The summed E-state index contributed by atoms with van der Waals surface area (Å²) in [4.78, 5) is 13.1. The van der Waals surface area contributed by atoms with Crippen LogP contribution in [-0.2, 0) is 4.79 Å². The lowest BCUT2D eigenvalue weighted by Gasteiger charge is -2.23. The van der Waals surface area contributed by atoms with E-state index in [-0.39, 0.29) is 5.91 Å². The molecule has 0 unspecified atom stereocenters. The van der Waals surface area contributed by atoms with Crippen LogP contribution >= 0.6 is 0 Å². The van der Waals surface area contributed by atoms with Crippen LogP contribution in [0, 0.1) is 0 Å². The lowest BCUT2D eigenvalue weighted by atomic mass is 10.1. The molecule has 1 amide bonds. The van der Waals surface area contributed by atoms with Gasteiger partial charge >= 0.3 is 0 Å². The van der Waals surface area contributed by atoms with E-state index < -0.39 is 6.04 Å². The van der Waals surface area contributed by atoms with E-state index >= 15 is 0 Å². The summed E-state index contributed by atoms with van der Waals surface area (Å²) in [6.07, 6.45) is 0. The molecule has 6 nitrogen and oxygen atoms in total. The summed E-state index contributed by atoms with van der Waals surface area (Å²) in [5.74, 6) is 1.87. The Hall–Kier alpha value is -3.67. The number of hydrogen-bond acceptors (Lipinski definition) is 5. The number of methoxy groups -OCH3 is 1. The summed E-state index contributed by atoms with van der Waals surface area (Å²) in [5, 5.41) is 6.28. The summed E-state index contributed by atoms with van der Waals surface area (Å²) >= 11 is 0. The smallest absolute Gasteiger partial charge is 0.251 e. The number of anilines is 2. The van der Waals surface area contributed by atoms with Crippen molar-refractivity contribution in [3.05, 3.63) is 78.4 Å². The fourth-order valence-corrected chi connectivity index (χ4v) is 3.16. The van der Waals surface area contributed by atoms with Gasteiger partial charge < -0.3 is 24.8 Å². The maximum absolute atomic E-state index is 13.1. The molecule has 0 fully saturated rings. The predicted molar refractivity (Wildman–Crippen MR) is 112 cm³/mol. The van der Waals surface area contributed by atoms with Gasteiger partial charge in [0.15, 0.2) is 11.5 Å². The molecule has 1 aliphatic rings. The van der Waals surface area contributed by atoms with E-state index in [1.807, 2.05) is 66.7 Å². The Balaban J connectivity index is 1.59. The third-order valence-corrected chi connectivity index (χ3v) is 4.59. The number of fused-ring (bicyclic) bond motifs is 1. The molecule has 0 saturated carbocycles. The van der Waals surface area contributed by atoms with Crippen molar-refractivity contribution in [1.82, 2.24) is 0 Å². The highest BCUT2D eigenvalue weighted by Gasteiger charge is 2.22. The number of hydrogen-bond donors (Lipinski definition) is 2. The zero-order chi connectivity index (χ0) is 20.1. The van der Waals surface area contributed by atoms with Crippen molar-refractivity contribution < 1.29 is 19.0 Å². The molecule has 1 atom stereocenters. The molecule has 0 radical (unpaired) electrons. The van der Waals surface area contributed by atoms with Crippen LogP contribution in [0.5, 0.6) is 17.2 Å². The number of benzene rings is 3. The summed E-state index contributed by atoms with van der Waals surface area (Å²) < 4.78 is 16.5. The van der Waals surface area contributed by atoms with Gasteiger partial charge in [-0.25, -0.2) is 0 Å². The molecule has 3 aromatic rings. The van der Waals surface area contributed by atoms with E-state index in [4.69, 9.17) is 14.2 Å². The molecule has 0 aromatic heterocycles. The quantitative estimate of drug-likeness (QED) is 0.658. The van der Waals surface area contributed by atoms with Crippen molar-refractivity contribution in [3.8, 4) is 17.2 Å². The summed E-state index contributed by atoms with van der Waals surface area (Å²) in [6, 6.07) is 21.8. The van der Waals surface area contributed by atoms with Crippen molar-refractivity contribution in [1.29, 1.82) is 0 Å². The Morgan fingerprint density at radius 3 is 2.48 bits per heavy atom. The third kappa shape index (κ3) is 4.43. The summed E-state index contributed by atoms with van der Waals surface area (Å²) in [5.41, 5.74) is 2.28. The predicted octanol–water partition coefficient (Wildman–Crippen LogP) is 4.26. The molecular weight excluding hydrogens is 368 g/mol. The third-order valence-electron chi connectivity index (χ3n) is 4.59. The van der Waals surface area contributed by atoms with E-state index in [1.54, 1.807) is 13.2 Å². The van der Waals surface area contributed by atoms with Gasteiger partial charge in [0, 0.05) is 23.5 Å². The Labute approximate surface area is 169 Å². The lowest BCUT2D eigenvalue weighted by Crippen LogP contribution is -2.27. The molecule has 0 spiro atoms. The molecule has 0 aliphatic carbocycles. The van der Waals surface area contributed by atoms with Crippen molar-refractivity contribution in [2.45, 2.75) is 6.04 Å². The van der Waals surface area contributed by atoms with E-state index in [2.05, 4.69) is 10.6 Å². The van der Waals surface area contributed by atoms with Gasteiger partial charge in [-0.2, -0.15) is 0 Å². The Bertz CT molecular complexity index is 991. The topological polar surface area (TPSA) is 68.8 Å². The molecule has 1 heterocycles. The van der Waals surface area contributed by atoms with Crippen molar-refractivity contribution in [3.63, 3.8) is 0 Å². The lowest BCUT2D eigenvalue weighted by molar-refractivity contribution is -0.117. The molecular formula is C23H22N2O4.